The number of thiophene rings is 1. The van der Waals surface area contributed by atoms with Crippen molar-refractivity contribution in [2.24, 2.45) is 5.41 Å². The molecule has 5 aromatic rings. The van der Waals surface area contributed by atoms with Gasteiger partial charge in [-0.2, -0.15) is 0 Å². The maximum Gasteiger partial charge on any atom is 0.336 e. The lowest BCUT2D eigenvalue weighted by Crippen LogP contribution is -2.27. The van der Waals surface area contributed by atoms with Gasteiger partial charge in [-0.3, -0.25) is 0 Å². The summed E-state index contributed by atoms with van der Waals surface area (Å²) < 4.78 is 28.5. The molecule has 5 rings (SSSR count). The van der Waals surface area contributed by atoms with Crippen LogP contribution in [0.4, 0.5) is 0 Å². The van der Waals surface area contributed by atoms with E-state index in [9.17, 15) is 13.2 Å². The molecule has 0 bridgehead atoms. The first kappa shape index (κ1) is 40.7. The summed E-state index contributed by atoms with van der Waals surface area (Å²) in [5.74, 6) is 0. The van der Waals surface area contributed by atoms with E-state index in [0.29, 0.717) is 9.79 Å². The summed E-state index contributed by atoms with van der Waals surface area (Å²) in [5, 5.41) is 2.84. The van der Waals surface area contributed by atoms with Crippen LogP contribution in [0.1, 0.15) is 103 Å². The smallest absolute Gasteiger partial charge is 0.336 e. The fraction of sp³-hybridized carbons (Fsp3) is 0.405. The van der Waals surface area contributed by atoms with Gasteiger partial charge >= 0.3 is 5.63 Å². The van der Waals surface area contributed by atoms with Gasteiger partial charge in [0, 0.05) is 11.5 Å². The van der Waals surface area contributed by atoms with Crippen molar-refractivity contribution < 1.29 is 12.8 Å². The predicted molar refractivity (Wildman–Crippen MR) is 207 cm³/mol. The van der Waals surface area contributed by atoms with Crippen LogP contribution in [-0.4, -0.2) is 13.2 Å². The first-order chi connectivity index (χ1) is 21.7. The van der Waals surface area contributed by atoms with Crippen molar-refractivity contribution in [2.75, 3.05) is 0 Å². The summed E-state index contributed by atoms with van der Waals surface area (Å²) in [6.07, 6.45) is 1.89. The number of hydrogen-bond donors (Lipinski definition) is 0. The summed E-state index contributed by atoms with van der Waals surface area (Å²) in [5.41, 5.74) is 8.53. The molecule has 0 aliphatic rings. The van der Waals surface area contributed by atoms with Crippen molar-refractivity contribution in [3.8, 4) is 0 Å². The summed E-state index contributed by atoms with van der Waals surface area (Å²) >= 11 is 1.27. The molecule has 0 spiro atoms. The molecule has 0 saturated heterocycles. The Bertz CT molecular complexity index is 1910. The second-order valence-corrected chi connectivity index (χ2v) is 19.3. The monoisotopic (exact) mass is 688 g/mol. The molecule has 0 radical (unpaired) electrons. The van der Waals surface area contributed by atoms with Gasteiger partial charge < -0.3 is 4.42 Å². The number of fused-ring (bicyclic) bond motifs is 1. The second kappa shape index (κ2) is 16.3. The number of hydrogen-bond acceptors (Lipinski definition) is 5. The molecular weight excluding hydrogens is 633 g/mol. The van der Waals surface area contributed by atoms with Gasteiger partial charge in [0.05, 0.1) is 4.75 Å². The zero-order valence-electron chi connectivity index (χ0n) is 30.0. The third-order valence-corrected chi connectivity index (χ3v) is 11.7. The molecule has 2 aromatic heterocycles. The zero-order chi connectivity index (χ0) is 35.2. The molecule has 0 unspecified atom stereocenters. The average molecular weight is 689 g/mol. The van der Waals surface area contributed by atoms with Gasteiger partial charge in [0.15, 0.2) is 9.84 Å². The highest BCUT2D eigenvalue weighted by molar-refractivity contribution is 7.94. The van der Waals surface area contributed by atoms with Crippen molar-refractivity contribution in [1.29, 1.82) is 0 Å². The molecule has 0 fully saturated rings. The van der Waals surface area contributed by atoms with Crippen LogP contribution in [0.15, 0.2) is 104 Å². The molecule has 0 N–H and O–H groups in total. The lowest BCUT2D eigenvalue weighted by atomic mass is 9.82. The topological polar surface area (TPSA) is 64.3 Å². The molecule has 0 aliphatic heterocycles. The van der Waals surface area contributed by atoms with Crippen molar-refractivity contribution in [3.63, 3.8) is 0 Å². The third kappa shape index (κ3) is 11.3. The summed E-state index contributed by atoms with van der Waals surface area (Å²) in [4.78, 5) is 11.6. The lowest BCUT2D eigenvalue weighted by molar-refractivity contribution is 0.411. The molecule has 0 atom stereocenters. The Kier molecular flexibility index (Phi) is 13.8. The minimum atomic E-state index is -3.11. The predicted octanol–water partition coefficient (Wildman–Crippen LogP) is 11.5. The standard InChI is InChI=1S/C17H20.C16H20O2.C8H12O2S2.CH4/c1-17(2,3)16-12-8-7-11-15(16)13-14-9-5-4-6-10-14;1-10-6-13-12(9-16(3,4)5)8-15(17)18-14(13)7-11(10)2;1-8(2,3)12(9,10)7-5-4-6-11-7;/h4-12H,13H2,1-3H3;6-8H,9H2,1-5H3;4-6H,1-3H3;1H4. The van der Waals surface area contributed by atoms with Gasteiger partial charge in [-0.1, -0.05) is 110 Å². The van der Waals surface area contributed by atoms with Crippen molar-refractivity contribution >= 4 is 32.1 Å². The van der Waals surface area contributed by atoms with E-state index in [1.165, 1.54) is 33.6 Å². The molecule has 4 nitrogen and oxygen atoms in total. The minimum Gasteiger partial charge on any atom is -0.423 e. The number of benzene rings is 3. The average Bonchev–Trinajstić information content (AvgIpc) is 3.50. The van der Waals surface area contributed by atoms with Crippen LogP contribution < -0.4 is 5.63 Å². The quantitative estimate of drug-likeness (QED) is 0.176. The fourth-order valence-corrected chi connectivity index (χ4v) is 7.87. The van der Waals surface area contributed by atoms with Gasteiger partial charge in [-0.15, -0.1) is 11.3 Å². The lowest BCUT2D eigenvalue weighted by Gasteiger charge is -2.23. The van der Waals surface area contributed by atoms with E-state index in [0.717, 1.165) is 29.4 Å². The molecular formula is C42H56O4S2. The Morgan fingerprint density at radius 3 is 1.83 bits per heavy atom. The van der Waals surface area contributed by atoms with Crippen LogP contribution >= 0.6 is 11.3 Å². The first-order valence-corrected chi connectivity index (χ1v) is 18.5. The van der Waals surface area contributed by atoms with Gasteiger partial charge in [-0.25, -0.2) is 13.2 Å². The normalized spacial score (nSPS) is 11.9. The van der Waals surface area contributed by atoms with E-state index in [4.69, 9.17) is 4.42 Å². The Labute approximate surface area is 294 Å². The Balaban J connectivity index is 0.000000253. The number of aryl methyl sites for hydroxylation is 2. The van der Waals surface area contributed by atoms with E-state index >= 15 is 0 Å². The van der Waals surface area contributed by atoms with E-state index in [-0.39, 0.29) is 23.9 Å². The van der Waals surface area contributed by atoms with Crippen molar-refractivity contribution in [2.45, 2.75) is 111 Å². The SMILES string of the molecule is C.CC(C)(C)S(=O)(=O)c1cccs1.CC(C)(C)c1ccccc1Cc1ccccc1.Cc1cc2oc(=O)cc(CC(C)(C)C)c2cc1C. The summed E-state index contributed by atoms with van der Waals surface area (Å²) in [7, 11) is -3.11. The van der Waals surface area contributed by atoms with Crippen LogP contribution in [0.5, 0.6) is 0 Å². The Morgan fingerprint density at radius 1 is 0.708 bits per heavy atom. The van der Waals surface area contributed by atoms with Crippen LogP contribution in [0, 0.1) is 19.3 Å². The Hall–Kier alpha value is -3.48. The molecule has 6 heteroatoms. The number of sulfone groups is 1. The molecule has 3 aromatic carbocycles. The Morgan fingerprint density at radius 2 is 1.29 bits per heavy atom. The summed E-state index contributed by atoms with van der Waals surface area (Å²) in [6.45, 7) is 22.6. The van der Waals surface area contributed by atoms with Crippen molar-refractivity contribution in [1.82, 2.24) is 0 Å². The van der Waals surface area contributed by atoms with Crippen molar-refractivity contribution in [3.05, 3.63) is 134 Å². The highest BCUT2D eigenvalue weighted by atomic mass is 32.2. The number of rotatable bonds is 4. The molecule has 260 valence electrons. The first-order valence-electron chi connectivity index (χ1n) is 16.1. The van der Waals surface area contributed by atoms with E-state index in [1.807, 2.05) is 13.0 Å². The van der Waals surface area contributed by atoms with Crippen LogP contribution in [0.3, 0.4) is 0 Å². The van der Waals surface area contributed by atoms with Gasteiger partial charge in [0.25, 0.3) is 0 Å². The van der Waals surface area contributed by atoms with Gasteiger partial charge in [-0.05, 0) is 115 Å². The van der Waals surface area contributed by atoms with Crippen LogP contribution in [0.25, 0.3) is 11.0 Å². The maximum atomic E-state index is 11.7. The van der Waals surface area contributed by atoms with E-state index < -0.39 is 14.6 Å². The molecule has 48 heavy (non-hydrogen) atoms. The minimum absolute atomic E-state index is 0. The molecule has 0 aliphatic carbocycles. The summed E-state index contributed by atoms with van der Waals surface area (Å²) in [6, 6.07) is 28.5. The second-order valence-electron chi connectivity index (χ2n) is 15.4. The highest BCUT2D eigenvalue weighted by Gasteiger charge is 2.31. The van der Waals surface area contributed by atoms with E-state index in [2.05, 4.69) is 109 Å². The third-order valence-electron chi connectivity index (χ3n) is 7.79. The van der Waals surface area contributed by atoms with E-state index in [1.54, 1.807) is 44.4 Å². The molecule has 2 heterocycles. The van der Waals surface area contributed by atoms with Gasteiger partial charge in [0.1, 0.15) is 9.79 Å². The van der Waals surface area contributed by atoms with Crippen LogP contribution in [-0.2, 0) is 28.1 Å². The fourth-order valence-electron chi connectivity index (χ4n) is 5.14. The zero-order valence-corrected chi connectivity index (χ0v) is 31.7. The molecule has 0 saturated carbocycles. The van der Waals surface area contributed by atoms with Crippen LogP contribution in [0.2, 0.25) is 0 Å². The van der Waals surface area contributed by atoms with Gasteiger partial charge in [0.2, 0.25) is 0 Å². The largest absolute Gasteiger partial charge is 0.423 e. The molecule has 0 amide bonds. The maximum absolute atomic E-state index is 11.7. The highest BCUT2D eigenvalue weighted by Crippen LogP contribution is 2.29.